The minimum atomic E-state index is -3.86. The highest BCUT2D eigenvalue weighted by molar-refractivity contribution is 7.85. The molecule has 1 heterocycles. The summed E-state index contributed by atoms with van der Waals surface area (Å²) >= 11 is 0. The fourth-order valence-corrected chi connectivity index (χ4v) is 1.80. The number of imidazole rings is 1. The lowest BCUT2D eigenvalue weighted by molar-refractivity contribution is 0.480. The zero-order valence-electron chi connectivity index (χ0n) is 8.74. The minimum Gasteiger partial charge on any atom is -0.331 e. The van der Waals surface area contributed by atoms with Gasteiger partial charge in [0, 0.05) is 25.4 Å². The van der Waals surface area contributed by atoms with E-state index in [9.17, 15) is 8.42 Å². The lowest BCUT2D eigenvalue weighted by Crippen LogP contribution is -2.07. The molecule has 0 aliphatic heterocycles. The van der Waals surface area contributed by atoms with E-state index in [1.165, 1.54) is 0 Å². The van der Waals surface area contributed by atoms with Crippen molar-refractivity contribution in [1.82, 2.24) is 9.55 Å². The second-order valence-electron chi connectivity index (χ2n) is 3.17. The Labute approximate surface area is 101 Å². The van der Waals surface area contributed by atoms with Gasteiger partial charge in [-0.3, -0.25) is 4.55 Å². The number of allylic oxidation sites excluding steroid dienone is 1. The maximum atomic E-state index is 10.5. The molecule has 0 atom stereocenters. The summed E-state index contributed by atoms with van der Waals surface area (Å²) in [6.07, 6.45) is 6.11. The Bertz CT molecular complexity index is 428. The van der Waals surface area contributed by atoms with E-state index in [0.29, 0.717) is 19.4 Å². The molecule has 1 rings (SSSR count). The molecular weight excluding hydrogens is 252 g/mol. The van der Waals surface area contributed by atoms with E-state index in [-0.39, 0.29) is 18.2 Å². The van der Waals surface area contributed by atoms with Crippen LogP contribution < -0.4 is 0 Å². The predicted octanol–water partition coefficient (Wildman–Crippen LogP) is 1.31. The summed E-state index contributed by atoms with van der Waals surface area (Å²) in [5.41, 5.74) is 0. The van der Waals surface area contributed by atoms with E-state index in [0.717, 1.165) is 5.82 Å². The van der Waals surface area contributed by atoms with Crippen LogP contribution in [0.15, 0.2) is 25.0 Å². The summed E-state index contributed by atoms with van der Waals surface area (Å²) in [7, 11) is -3.86. The van der Waals surface area contributed by atoms with Crippen LogP contribution in [0.3, 0.4) is 0 Å². The zero-order chi connectivity index (χ0) is 11.3. The van der Waals surface area contributed by atoms with Crippen LogP contribution in [-0.2, 0) is 23.1 Å². The van der Waals surface area contributed by atoms with Crippen LogP contribution in [0.5, 0.6) is 0 Å². The fourth-order valence-electron chi connectivity index (χ4n) is 1.29. The molecule has 5 nitrogen and oxygen atoms in total. The maximum absolute atomic E-state index is 10.5. The van der Waals surface area contributed by atoms with Gasteiger partial charge in [-0.05, 0) is 6.42 Å². The normalized spacial score (nSPS) is 10.8. The van der Waals surface area contributed by atoms with Gasteiger partial charge in [0.1, 0.15) is 5.82 Å². The van der Waals surface area contributed by atoms with Crippen LogP contribution in [0.1, 0.15) is 12.2 Å². The second-order valence-corrected chi connectivity index (χ2v) is 4.75. The Morgan fingerprint density at radius 2 is 2.25 bits per heavy atom. The van der Waals surface area contributed by atoms with Crippen molar-refractivity contribution in [2.75, 3.05) is 5.75 Å². The molecule has 16 heavy (non-hydrogen) atoms. The van der Waals surface area contributed by atoms with E-state index >= 15 is 0 Å². The molecule has 0 amide bonds. The van der Waals surface area contributed by atoms with Crippen molar-refractivity contribution >= 4 is 22.5 Å². The minimum absolute atomic E-state index is 0. The van der Waals surface area contributed by atoms with Crippen LogP contribution in [0, 0.1) is 0 Å². The van der Waals surface area contributed by atoms with E-state index in [1.807, 2.05) is 10.8 Å². The standard InChI is InChI=1S/C9H14N2O3S.ClH/c1-2-6-11-7-5-10-9(11)4-3-8-15(12,13)14;/h2,5,7H,1,3-4,6,8H2,(H,12,13,14);1H. The van der Waals surface area contributed by atoms with E-state index in [1.54, 1.807) is 12.3 Å². The Balaban J connectivity index is 0.00000225. The lowest BCUT2D eigenvalue weighted by atomic mass is 10.3. The first-order chi connectivity index (χ1) is 7.03. The smallest absolute Gasteiger partial charge is 0.264 e. The lowest BCUT2D eigenvalue weighted by Gasteiger charge is -2.03. The van der Waals surface area contributed by atoms with Gasteiger partial charge in [-0.2, -0.15) is 8.42 Å². The van der Waals surface area contributed by atoms with E-state index in [2.05, 4.69) is 11.6 Å². The Hall–Kier alpha value is -0.850. The highest BCUT2D eigenvalue weighted by Gasteiger charge is 2.06. The highest BCUT2D eigenvalue weighted by atomic mass is 35.5. The van der Waals surface area contributed by atoms with Crippen molar-refractivity contribution < 1.29 is 13.0 Å². The first-order valence-electron chi connectivity index (χ1n) is 4.59. The SMILES string of the molecule is C=CCn1ccnc1CCCS(=O)(=O)O.Cl. The Kier molecular flexibility index (Phi) is 6.32. The van der Waals surface area contributed by atoms with E-state index < -0.39 is 10.1 Å². The van der Waals surface area contributed by atoms with Crippen LogP contribution in [-0.4, -0.2) is 28.3 Å². The van der Waals surface area contributed by atoms with Crippen LogP contribution in [0.4, 0.5) is 0 Å². The van der Waals surface area contributed by atoms with Crippen LogP contribution in [0.2, 0.25) is 0 Å². The first kappa shape index (κ1) is 15.2. The molecule has 1 aromatic heterocycles. The summed E-state index contributed by atoms with van der Waals surface area (Å²) in [6.45, 7) is 4.27. The third-order valence-electron chi connectivity index (χ3n) is 1.93. The van der Waals surface area contributed by atoms with Gasteiger partial charge in [0.15, 0.2) is 0 Å². The molecule has 0 aliphatic rings. The largest absolute Gasteiger partial charge is 0.331 e. The molecule has 1 N–H and O–H groups in total. The molecular formula is C9H15ClN2O3S. The Morgan fingerprint density at radius 1 is 1.56 bits per heavy atom. The fraction of sp³-hybridized carbons (Fsp3) is 0.444. The summed E-state index contributed by atoms with van der Waals surface area (Å²) in [4.78, 5) is 4.09. The third kappa shape index (κ3) is 5.29. The topological polar surface area (TPSA) is 72.2 Å². The maximum Gasteiger partial charge on any atom is 0.264 e. The second kappa shape index (κ2) is 6.67. The molecule has 0 aliphatic carbocycles. The highest BCUT2D eigenvalue weighted by Crippen LogP contribution is 2.02. The van der Waals surface area contributed by atoms with Crippen LogP contribution >= 0.6 is 12.4 Å². The number of nitrogens with zero attached hydrogens (tertiary/aromatic N) is 2. The molecule has 0 spiro atoms. The van der Waals surface area contributed by atoms with Crippen molar-refractivity contribution in [1.29, 1.82) is 0 Å². The number of hydrogen-bond donors (Lipinski definition) is 1. The monoisotopic (exact) mass is 266 g/mol. The molecule has 0 saturated carbocycles. The van der Waals surface area contributed by atoms with Gasteiger partial charge in [0.05, 0.1) is 5.75 Å². The number of aryl methyl sites for hydroxylation is 1. The summed E-state index contributed by atoms with van der Waals surface area (Å²) in [5, 5.41) is 0. The molecule has 0 radical (unpaired) electrons. The molecule has 0 fully saturated rings. The molecule has 7 heteroatoms. The zero-order valence-corrected chi connectivity index (χ0v) is 10.4. The average Bonchev–Trinajstić information content (AvgIpc) is 2.51. The molecule has 92 valence electrons. The van der Waals surface area contributed by atoms with Gasteiger partial charge in [0.2, 0.25) is 0 Å². The van der Waals surface area contributed by atoms with Crippen molar-refractivity contribution in [2.24, 2.45) is 0 Å². The van der Waals surface area contributed by atoms with Gasteiger partial charge in [-0.25, -0.2) is 4.98 Å². The molecule has 0 saturated heterocycles. The predicted molar refractivity (Wildman–Crippen MR) is 64.4 cm³/mol. The quantitative estimate of drug-likeness (QED) is 0.622. The Morgan fingerprint density at radius 3 is 2.81 bits per heavy atom. The average molecular weight is 267 g/mol. The van der Waals surface area contributed by atoms with Gasteiger partial charge in [-0.1, -0.05) is 6.08 Å². The summed E-state index contributed by atoms with van der Waals surface area (Å²) in [6, 6.07) is 0. The number of hydrogen-bond acceptors (Lipinski definition) is 3. The van der Waals surface area contributed by atoms with Crippen molar-refractivity contribution in [3.05, 3.63) is 30.9 Å². The summed E-state index contributed by atoms with van der Waals surface area (Å²) < 4.78 is 31.4. The van der Waals surface area contributed by atoms with Crippen LogP contribution in [0.25, 0.3) is 0 Å². The van der Waals surface area contributed by atoms with Crippen molar-refractivity contribution in [2.45, 2.75) is 19.4 Å². The van der Waals surface area contributed by atoms with Crippen molar-refractivity contribution in [3.8, 4) is 0 Å². The molecule has 0 unspecified atom stereocenters. The van der Waals surface area contributed by atoms with Gasteiger partial charge >= 0.3 is 0 Å². The number of aromatic nitrogens is 2. The van der Waals surface area contributed by atoms with Gasteiger partial charge in [-0.15, -0.1) is 19.0 Å². The molecule has 0 aromatic carbocycles. The molecule has 1 aromatic rings. The van der Waals surface area contributed by atoms with Crippen molar-refractivity contribution in [3.63, 3.8) is 0 Å². The third-order valence-corrected chi connectivity index (χ3v) is 2.73. The van der Waals surface area contributed by atoms with Gasteiger partial charge < -0.3 is 4.57 Å². The number of rotatable bonds is 6. The number of halogens is 1. The molecule has 0 bridgehead atoms. The first-order valence-corrected chi connectivity index (χ1v) is 6.20. The van der Waals surface area contributed by atoms with Gasteiger partial charge in [0.25, 0.3) is 10.1 Å². The van der Waals surface area contributed by atoms with E-state index in [4.69, 9.17) is 4.55 Å². The summed E-state index contributed by atoms with van der Waals surface area (Å²) in [5.74, 6) is 0.576.